The van der Waals surface area contributed by atoms with E-state index in [4.69, 9.17) is 5.11 Å². The number of phenolic OH excluding ortho intramolecular Hbond substituents is 1. The van der Waals surface area contributed by atoms with Gasteiger partial charge in [0.15, 0.2) is 5.78 Å². The summed E-state index contributed by atoms with van der Waals surface area (Å²) in [6.45, 7) is 4.03. The summed E-state index contributed by atoms with van der Waals surface area (Å²) in [5.41, 5.74) is 3.72. The Morgan fingerprint density at radius 3 is 2.14 bits per heavy atom. The van der Waals surface area contributed by atoms with Crippen molar-refractivity contribution in [3.05, 3.63) is 95.1 Å². The monoisotopic (exact) mass is 391 g/mol. The van der Waals surface area contributed by atoms with E-state index in [2.05, 4.69) is 12.2 Å². The fourth-order valence-electron chi connectivity index (χ4n) is 2.72. The first kappa shape index (κ1) is 21.7. The third kappa shape index (κ3) is 6.81. The van der Waals surface area contributed by atoms with Gasteiger partial charge in [0.1, 0.15) is 5.75 Å². The van der Waals surface area contributed by atoms with E-state index in [0.29, 0.717) is 16.8 Å². The van der Waals surface area contributed by atoms with Crippen LogP contribution in [0.5, 0.6) is 5.75 Å². The molecule has 1 amide bonds. The number of amides is 1. The molecular weight excluding hydrogens is 366 g/mol. The fourth-order valence-corrected chi connectivity index (χ4v) is 2.72. The highest BCUT2D eigenvalue weighted by Crippen LogP contribution is 2.22. The number of aryl methyl sites for hydroxylation is 2. The largest absolute Gasteiger partial charge is 0.507 e. The summed E-state index contributed by atoms with van der Waals surface area (Å²) in [6, 6.07) is 21.4. The van der Waals surface area contributed by atoms with Crippen LogP contribution in [-0.2, 0) is 6.42 Å². The smallest absolute Gasteiger partial charge is 0.409 e. The third-order valence-electron chi connectivity index (χ3n) is 4.18. The van der Waals surface area contributed by atoms with Crippen molar-refractivity contribution in [3.63, 3.8) is 0 Å². The van der Waals surface area contributed by atoms with Gasteiger partial charge in [0, 0.05) is 11.3 Å². The first-order chi connectivity index (χ1) is 13.9. The van der Waals surface area contributed by atoms with Gasteiger partial charge in [-0.2, -0.15) is 0 Å². The van der Waals surface area contributed by atoms with Crippen LogP contribution in [0.3, 0.4) is 0 Å². The number of ketones is 1. The van der Waals surface area contributed by atoms with E-state index in [1.54, 1.807) is 36.4 Å². The van der Waals surface area contributed by atoms with E-state index < -0.39 is 6.09 Å². The van der Waals surface area contributed by atoms with E-state index >= 15 is 0 Å². The molecule has 0 unspecified atom stereocenters. The molecule has 3 aromatic rings. The lowest BCUT2D eigenvalue weighted by atomic mass is 10.00. The number of hydrogen-bond acceptors (Lipinski definition) is 3. The van der Waals surface area contributed by atoms with Crippen molar-refractivity contribution in [2.24, 2.45) is 0 Å². The maximum Gasteiger partial charge on any atom is 0.409 e. The molecule has 0 aliphatic rings. The Bertz CT molecular complexity index is 950. The minimum Gasteiger partial charge on any atom is -0.507 e. The zero-order chi connectivity index (χ0) is 21.2. The minimum absolute atomic E-state index is 0.0646. The third-order valence-corrected chi connectivity index (χ3v) is 4.18. The van der Waals surface area contributed by atoms with Gasteiger partial charge in [0.25, 0.3) is 0 Å². The van der Waals surface area contributed by atoms with Crippen LogP contribution in [0.25, 0.3) is 0 Å². The average molecular weight is 391 g/mol. The standard InChI is InChI=1S/C16H16O2.C8H9NO2/c1-2-6-12-9-10-14(15(17)11-12)16(18)13-7-4-3-5-8-13;1-6-2-4-7(5-3-6)9-8(10)11/h3-5,7-11,17H,2,6H2,1H3;2-5,9H,1H3,(H,10,11). The van der Waals surface area contributed by atoms with E-state index in [1.165, 1.54) is 0 Å². The van der Waals surface area contributed by atoms with Crippen LogP contribution >= 0.6 is 0 Å². The molecule has 0 saturated heterocycles. The molecule has 3 rings (SSSR count). The van der Waals surface area contributed by atoms with Gasteiger partial charge in [-0.15, -0.1) is 0 Å². The number of carbonyl (C=O) groups is 2. The first-order valence-electron chi connectivity index (χ1n) is 9.39. The van der Waals surface area contributed by atoms with Crippen molar-refractivity contribution in [3.8, 4) is 5.75 Å². The number of benzene rings is 3. The quantitative estimate of drug-likeness (QED) is 0.490. The number of anilines is 1. The normalized spacial score (nSPS) is 9.86. The topological polar surface area (TPSA) is 86.6 Å². The summed E-state index contributed by atoms with van der Waals surface area (Å²) in [5, 5.41) is 20.5. The van der Waals surface area contributed by atoms with Gasteiger partial charge >= 0.3 is 6.09 Å². The zero-order valence-corrected chi connectivity index (χ0v) is 16.6. The molecule has 0 spiro atoms. The van der Waals surface area contributed by atoms with Gasteiger partial charge < -0.3 is 10.2 Å². The Morgan fingerprint density at radius 2 is 1.59 bits per heavy atom. The van der Waals surface area contributed by atoms with Crippen LogP contribution in [0.4, 0.5) is 10.5 Å². The number of hydrogen-bond donors (Lipinski definition) is 3. The summed E-state index contributed by atoms with van der Waals surface area (Å²) >= 11 is 0. The molecular formula is C24H25NO4. The number of carboxylic acid groups (broad SMARTS) is 1. The van der Waals surface area contributed by atoms with Crippen LogP contribution in [-0.4, -0.2) is 22.1 Å². The Labute approximate surface area is 170 Å². The summed E-state index contributed by atoms with van der Waals surface area (Å²) in [7, 11) is 0. The van der Waals surface area contributed by atoms with Gasteiger partial charge in [-0.3, -0.25) is 10.1 Å². The maximum atomic E-state index is 12.2. The van der Waals surface area contributed by atoms with E-state index in [1.807, 2.05) is 43.3 Å². The van der Waals surface area contributed by atoms with E-state index in [0.717, 1.165) is 24.0 Å². The highest BCUT2D eigenvalue weighted by molar-refractivity contribution is 6.10. The molecule has 3 N–H and O–H groups in total. The van der Waals surface area contributed by atoms with Crippen molar-refractivity contribution in [2.75, 3.05) is 5.32 Å². The molecule has 0 aliphatic carbocycles. The summed E-state index contributed by atoms with van der Waals surface area (Å²) in [4.78, 5) is 22.3. The van der Waals surface area contributed by atoms with Crippen LogP contribution in [0, 0.1) is 6.92 Å². The van der Waals surface area contributed by atoms with Gasteiger partial charge in [-0.25, -0.2) is 4.79 Å². The molecule has 0 bridgehead atoms. The maximum absolute atomic E-state index is 12.2. The molecule has 5 heteroatoms. The van der Waals surface area contributed by atoms with Gasteiger partial charge in [-0.05, 0) is 43.2 Å². The van der Waals surface area contributed by atoms with Crippen LogP contribution in [0.15, 0.2) is 72.8 Å². The lowest BCUT2D eigenvalue weighted by molar-refractivity contribution is 0.103. The van der Waals surface area contributed by atoms with Crippen molar-refractivity contribution in [1.29, 1.82) is 0 Å². The first-order valence-corrected chi connectivity index (χ1v) is 9.39. The molecule has 0 heterocycles. The molecule has 150 valence electrons. The number of phenols is 1. The average Bonchev–Trinajstić information content (AvgIpc) is 2.70. The van der Waals surface area contributed by atoms with Crippen molar-refractivity contribution in [1.82, 2.24) is 0 Å². The second-order valence-corrected chi connectivity index (χ2v) is 6.59. The summed E-state index contributed by atoms with van der Waals surface area (Å²) in [6.07, 6.45) is 0.896. The molecule has 0 aliphatic heterocycles. The second-order valence-electron chi connectivity index (χ2n) is 6.59. The molecule has 3 aromatic carbocycles. The Hall–Kier alpha value is -3.60. The van der Waals surface area contributed by atoms with Crippen LogP contribution in [0.2, 0.25) is 0 Å². The molecule has 5 nitrogen and oxygen atoms in total. The molecule has 0 saturated carbocycles. The van der Waals surface area contributed by atoms with Gasteiger partial charge in [-0.1, -0.05) is 67.4 Å². The molecule has 0 fully saturated rings. The van der Waals surface area contributed by atoms with Gasteiger partial charge in [0.2, 0.25) is 0 Å². The Morgan fingerprint density at radius 1 is 0.931 bits per heavy atom. The lowest BCUT2D eigenvalue weighted by Crippen LogP contribution is -2.06. The highest BCUT2D eigenvalue weighted by Gasteiger charge is 2.13. The van der Waals surface area contributed by atoms with Crippen LogP contribution in [0.1, 0.15) is 40.4 Å². The van der Waals surface area contributed by atoms with Gasteiger partial charge in [0.05, 0.1) is 5.56 Å². The predicted molar refractivity (Wildman–Crippen MR) is 115 cm³/mol. The van der Waals surface area contributed by atoms with Crippen molar-refractivity contribution < 1.29 is 19.8 Å². The van der Waals surface area contributed by atoms with Crippen molar-refractivity contribution in [2.45, 2.75) is 26.7 Å². The number of rotatable bonds is 5. The SMILES string of the molecule is CCCc1ccc(C(=O)c2ccccc2)c(O)c1.Cc1ccc(NC(=O)O)cc1. The zero-order valence-electron chi connectivity index (χ0n) is 16.6. The van der Waals surface area contributed by atoms with E-state index in [-0.39, 0.29) is 11.5 Å². The molecule has 0 radical (unpaired) electrons. The second kappa shape index (κ2) is 10.7. The van der Waals surface area contributed by atoms with Crippen LogP contribution < -0.4 is 5.32 Å². The minimum atomic E-state index is -1.03. The lowest BCUT2D eigenvalue weighted by Gasteiger charge is -2.06. The number of nitrogens with one attached hydrogen (secondary N) is 1. The molecule has 29 heavy (non-hydrogen) atoms. The summed E-state index contributed by atoms with van der Waals surface area (Å²) < 4.78 is 0. The highest BCUT2D eigenvalue weighted by atomic mass is 16.4. The van der Waals surface area contributed by atoms with E-state index in [9.17, 15) is 14.7 Å². The predicted octanol–water partition coefficient (Wildman–Crippen LogP) is 5.66. The fraction of sp³-hybridized carbons (Fsp3) is 0.167. The Kier molecular flexibility index (Phi) is 7.98. The number of aromatic hydroxyl groups is 1. The number of carbonyl (C=O) groups excluding carboxylic acids is 1. The Balaban J connectivity index is 0.000000234. The molecule has 0 aromatic heterocycles. The summed E-state index contributed by atoms with van der Waals surface area (Å²) in [5.74, 6) is -0.0778. The molecule has 0 atom stereocenters. The van der Waals surface area contributed by atoms with Crippen molar-refractivity contribution >= 4 is 17.6 Å².